The molecule has 1 unspecified atom stereocenters. The monoisotopic (exact) mass is 263 g/mol. The highest BCUT2D eigenvalue weighted by molar-refractivity contribution is 5.88. The number of hydrogen-bond acceptors (Lipinski definition) is 3. The van der Waals surface area contributed by atoms with E-state index in [1.807, 2.05) is 45.0 Å². The van der Waals surface area contributed by atoms with Gasteiger partial charge < -0.3 is 15.2 Å². The van der Waals surface area contributed by atoms with Gasteiger partial charge in [-0.3, -0.25) is 4.79 Å². The number of carbonyl (C=O) groups is 1. The van der Waals surface area contributed by atoms with Crippen LogP contribution in [0.2, 0.25) is 0 Å². The van der Waals surface area contributed by atoms with E-state index < -0.39 is 6.10 Å². The summed E-state index contributed by atoms with van der Waals surface area (Å²) in [6.07, 6.45) is 0.767. The van der Waals surface area contributed by atoms with Crippen molar-refractivity contribution in [3.05, 3.63) is 41.5 Å². The first-order chi connectivity index (χ1) is 8.99. The SMILES string of the molecule is CC(C)=CC(=O)NCC(O)COc1ccccc1C. The molecule has 0 aliphatic rings. The third-order valence-corrected chi connectivity index (χ3v) is 2.46. The lowest BCUT2D eigenvalue weighted by Crippen LogP contribution is -2.34. The van der Waals surface area contributed by atoms with E-state index in [0.717, 1.165) is 16.9 Å². The van der Waals surface area contributed by atoms with Crippen molar-refractivity contribution in [1.29, 1.82) is 0 Å². The van der Waals surface area contributed by atoms with Crippen molar-refractivity contribution in [3.8, 4) is 5.75 Å². The van der Waals surface area contributed by atoms with E-state index in [-0.39, 0.29) is 19.1 Å². The van der Waals surface area contributed by atoms with Crippen LogP contribution in [0.1, 0.15) is 19.4 Å². The molecule has 4 heteroatoms. The van der Waals surface area contributed by atoms with Gasteiger partial charge in [-0.05, 0) is 32.4 Å². The highest BCUT2D eigenvalue weighted by Crippen LogP contribution is 2.16. The smallest absolute Gasteiger partial charge is 0.244 e. The molecule has 104 valence electrons. The molecule has 0 aromatic heterocycles. The highest BCUT2D eigenvalue weighted by atomic mass is 16.5. The van der Waals surface area contributed by atoms with E-state index in [9.17, 15) is 9.90 Å². The molecular weight excluding hydrogens is 242 g/mol. The number of amides is 1. The van der Waals surface area contributed by atoms with E-state index in [2.05, 4.69) is 5.32 Å². The zero-order valence-electron chi connectivity index (χ0n) is 11.6. The zero-order valence-corrected chi connectivity index (χ0v) is 11.6. The van der Waals surface area contributed by atoms with Gasteiger partial charge in [-0.25, -0.2) is 0 Å². The molecule has 1 amide bonds. The Balaban J connectivity index is 2.33. The average Bonchev–Trinajstić information content (AvgIpc) is 2.34. The van der Waals surface area contributed by atoms with Crippen LogP contribution in [0.25, 0.3) is 0 Å². The van der Waals surface area contributed by atoms with Crippen LogP contribution in [0.4, 0.5) is 0 Å². The number of hydrogen-bond donors (Lipinski definition) is 2. The van der Waals surface area contributed by atoms with Crippen molar-refractivity contribution in [2.24, 2.45) is 0 Å². The summed E-state index contributed by atoms with van der Waals surface area (Å²) in [6.45, 7) is 5.96. The number of para-hydroxylation sites is 1. The molecular formula is C15H21NO3. The van der Waals surface area contributed by atoms with Crippen molar-refractivity contribution in [3.63, 3.8) is 0 Å². The molecule has 1 aromatic rings. The number of aliphatic hydroxyl groups is 1. The molecule has 1 rings (SSSR count). The van der Waals surface area contributed by atoms with Crippen molar-refractivity contribution in [1.82, 2.24) is 5.32 Å². The van der Waals surface area contributed by atoms with Crippen molar-refractivity contribution < 1.29 is 14.6 Å². The highest BCUT2D eigenvalue weighted by Gasteiger charge is 2.07. The minimum absolute atomic E-state index is 0.153. The Hall–Kier alpha value is -1.81. The number of rotatable bonds is 6. The van der Waals surface area contributed by atoms with Crippen LogP contribution in [0.15, 0.2) is 35.9 Å². The van der Waals surface area contributed by atoms with Gasteiger partial charge in [0.25, 0.3) is 0 Å². The molecule has 0 bridgehead atoms. The van der Waals surface area contributed by atoms with Gasteiger partial charge in [-0.2, -0.15) is 0 Å². The maximum absolute atomic E-state index is 11.3. The second kappa shape index (κ2) is 7.59. The van der Waals surface area contributed by atoms with Gasteiger partial charge >= 0.3 is 0 Å². The first-order valence-corrected chi connectivity index (χ1v) is 6.28. The Labute approximate surface area is 114 Å². The Kier molecular flexibility index (Phi) is 6.09. The number of allylic oxidation sites excluding steroid dienone is 1. The van der Waals surface area contributed by atoms with Gasteiger partial charge in [0.15, 0.2) is 0 Å². The van der Waals surface area contributed by atoms with Gasteiger partial charge in [0.1, 0.15) is 18.5 Å². The fraction of sp³-hybridized carbons (Fsp3) is 0.400. The predicted octanol–water partition coefficient (Wildman–Crippen LogP) is 1.82. The first-order valence-electron chi connectivity index (χ1n) is 6.28. The number of ether oxygens (including phenoxy) is 1. The van der Waals surface area contributed by atoms with E-state index in [4.69, 9.17) is 4.74 Å². The summed E-state index contributed by atoms with van der Waals surface area (Å²) in [6, 6.07) is 7.60. The second-order valence-corrected chi connectivity index (χ2v) is 4.70. The summed E-state index contributed by atoms with van der Waals surface area (Å²) in [7, 11) is 0. The van der Waals surface area contributed by atoms with Crippen LogP contribution in [0.5, 0.6) is 5.75 Å². The van der Waals surface area contributed by atoms with Crippen LogP contribution in [0, 0.1) is 6.92 Å². The largest absolute Gasteiger partial charge is 0.491 e. The molecule has 1 atom stereocenters. The van der Waals surface area contributed by atoms with Gasteiger partial charge in [0.2, 0.25) is 5.91 Å². The molecule has 1 aromatic carbocycles. The quantitative estimate of drug-likeness (QED) is 0.770. The lowest BCUT2D eigenvalue weighted by atomic mass is 10.2. The van der Waals surface area contributed by atoms with Gasteiger partial charge in [-0.1, -0.05) is 23.8 Å². The maximum Gasteiger partial charge on any atom is 0.244 e. The van der Waals surface area contributed by atoms with Crippen LogP contribution in [0.3, 0.4) is 0 Å². The second-order valence-electron chi connectivity index (χ2n) is 4.70. The van der Waals surface area contributed by atoms with E-state index in [1.54, 1.807) is 0 Å². The number of aryl methyl sites for hydroxylation is 1. The Morgan fingerprint density at radius 3 is 2.74 bits per heavy atom. The fourth-order valence-corrected chi connectivity index (χ4v) is 1.49. The molecule has 0 fully saturated rings. The van der Waals surface area contributed by atoms with Gasteiger partial charge in [-0.15, -0.1) is 0 Å². The van der Waals surface area contributed by atoms with Crippen LogP contribution < -0.4 is 10.1 Å². The summed E-state index contributed by atoms with van der Waals surface area (Å²) >= 11 is 0. The minimum atomic E-state index is -0.728. The predicted molar refractivity (Wildman–Crippen MR) is 75.1 cm³/mol. The summed E-state index contributed by atoms with van der Waals surface area (Å²) in [5.41, 5.74) is 1.94. The Morgan fingerprint density at radius 1 is 1.42 bits per heavy atom. The number of benzene rings is 1. The average molecular weight is 263 g/mol. The molecule has 0 radical (unpaired) electrons. The molecule has 2 N–H and O–H groups in total. The number of carbonyl (C=O) groups excluding carboxylic acids is 1. The van der Waals surface area contributed by atoms with E-state index in [1.165, 1.54) is 6.08 Å². The molecule has 0 aliphatic carbocycles. The van der Waals surface area contributed by atoms with Crippen LogP contribution >= 0.6 is 0 Å². The number of aliphatic hydroxyl groups excluding tert-OH is 1. The summed E-state index contributed by atoms with van der Waals surface area (Å²) in [5, 5.41) is 12.3. The van der Waals surface area contributed by atoms with E-state index >= 15 is 0 Å². The molecule has 0 saturated carbocycles. The van der Waals surface area contributed by atoms with Crippen molar-refractivity contribution in [2.75, 3.05) is 13.2 Å². The summed E-state index contributed by atoms with van der Waals surface area (Å²) in [4.78, 5) is 11.3. The molecule has 4 nitrogen and oxygen atoms in total. The fourth-order valence-electron chi connectivity index (χ4n) is 1.49. The molecule has 0 heterocycles. The van der Waals surface area contributed by atoms with Crippen molar-refractivity contribution in [2.45, 2.75) is 26.9 Å². The molecule has 0 aliphatic heterocycles. The standard InChI is InChI=1S/C15H21NO3/c1-11(2)8-15(18)16-9-13(17)10-19-14-7-5-4-6-12(14)3/h4-8,13,17H,9-10H2,1-3H3,(H,16,18). The normalized spacial score (nSPS) is 11.6. The summed E-state index contributed by atoms with van der Waals surface area (Å²) < 4.78 is 5.50. The molecule has 0 saturated heterocycles. The third kappa shape index (κ3) is 6.06. The lowest BCUT2D eigenvalue weighted by molar-refractivity contribution is -0.117. The maximum atomic E-state index is 11.3. The van der Waals surface area contributed by atoms with E-state index in [0.29, 0.717) is 0 Å². The molecule has 0 spiro atoms. The topological polar surface area (TPSA) is 58.6 Å². The lowest BCUT2D eigenvalue weighted by Gasteiger charge is -2.14. The van der Waals surface area contributed by atoms with Crippen molar-refractivity contribution >= 4 is 5.91 Å². The van der Waals surface area contributed by atoms with Crippen LogP contribution in [-0.4, -0.2) is 30.3 Å². The van der Waals surface area contributed by atoms with Crippen LogP contribution in [-0.2, 0) is 4.79 Å². The van der Waals surface area contributed by atoms with Gasteiger partial charge in [0.05, 0.1) is 0 Å². The first kappa shape index (κ1) is 15.2. The molecule has 19 heavy (non-hydrogen) atoms. The number of nitrogens with one attached hydrogen (secondary N) is 1. The Morgan fingerprint density at radius 2 is 2.11 bits per heavy atom. The summed E-state index contributed by atoms with van der Waals surface area (Å²) in [5.74, 6) is 0.548. The van der Waals surface area contributed by atoms with Gasteiger partial charge in [0, 0.05) is 12.6 Å². The zero-order chi connectivity index (χ0) is 14.3. The Bertz CT molecular complexity index is 450. The minimum Gasteiger partial charge on any atom is -0.491 e. The third-order valence-electron chi connectivity index (χ3n) is 2.46.